The van der Waals surface area contributed by atoms with Crippen molar-refractivity contribution in [1.29, 1.82) is 0 Å². The van der Waals surface area contributed by atoms with Gasteiger partial charge in [-0.25, -0.2) is 9.98 Å². The van der Waals surface area contributed by atoms with Gasteiger partial charge in [-0.05, 0) is 82.6 Å². The van der Waals surface area contributed by atoms with E-state index < -0.39 is 0 Å². The predicted octanol–water partition coefficient (Wildman–Crippen LogP) is 7.78. The maximum absolute atomic E-state index is 5.90. The Morgan fingerprint density at radius 2 is 1.00 bits per heavy atom. The minimum Gasteiger partial charge on any atom is -0.234 e. The van der Waals surface area contributed by atoms with Crippen LogP contribution in [0, 0.1) is 0 Å². The first-order valence-corrected chi connectivity index (χ1v) is 12.1. The molecular formula is C16H14Cl2N2S4. The first-order chi connectivity index (χ1) is 11.6. The van der Waals surface area contributed by atoms with Crippen LogP contribution in [0.4, 0.5) is 11.4 Å². The van der Waals surface area contributed by atoms with E-state index in [0.29, 0.717) is 10.0 Å². The molecule has 0 bridgehead atoms. The van der Waals surface area contributed by atoms with Gasteiger partial charge in [0.25, 0.3) is 0 Å². The first kappa shape index (κ1) is 20.1. The zero-order valence-corrected chi connectivity index (χ0v) is 17.7. The summed E-state index contributed by atoms with van der Waals surface area (Å²) in [7, 11) is 3.19. The summed E-state index contributed by atoms with van der Waals surface area (Å²) in [5.41, 5.74) is 1.77. The Morgan fingerprint density at radius 3 is 1.29 bits per heavy atom. The number of hydrogen-bond acceptors (Lipinski definition) is 6. The molecule has 0 radical (unpaired) electrons. The van der Waals surface area contributed by atoms with Crippen molar-refractivity contribution in [2.45, 2.75) is 0 Å². The number of aliphatic imine (C=N–C) groups is 2. The smallest absolute Gasteiger partial charge is 0.141 e. The fourth-order valence-corrected chi connectivity index (χ4v) is 5.62. The van der Waals surface area contributed by atoms with Crippen LogP contribution in [0.2, 0.25) is 10.0 Å². The average Bonchev–Trinajstić information content (AvgIpc) is 2.60. The third kappa shape index (κ3) is 6.94. The van der Waals surface area contributed by atoms with Crippen molar-refractivity contribution in [2.24, 2.45) is 9.98 Å². The van der Waals surface area contributed by atoms with E-state index in [2.05, 4.69) is 9.98 Å². The summed E-state index contributed by atoms with van der Waals surface area (Å²) in [6.07, 6.45) is 4.02. The predicted molar refractivity (Wildman–Crippen MR) is 119 cm³/mol. The highest BCUT2D eigenvalue weighted by molar-refractivity contribution is 8.93. The first-order valence-electron chi connectivity index (χ1n) is 6.71. The highest BCUT2D eigenvalue weighted by Crippen LogP contribution is 2.35. The van der Waals surface area contributed by atoms with Crippen LogP contribution in [-0.2, 0) is 0 Å². The molecule has 0 heterocycles. The minimum absolute atomic E-state index is 0.710. The van der Waals surface area contributed by atoms with Gasteiger partial charge < -0.3 is 0 Å². The Hall–Kier alpha value is -0.240. The maximum Gasteiger partial charge on any atom is 0.141 e. The van der Waals surface area contributed by atoms with Gasteiger partial charge in [0.15, 0.2) is 0 Å². The van der Waals surface area contributed by atoms with E-state index in [-0.39, 0.29) is 0 Å². The Morgan fingerprint density at radius 1 is 0.667 bits per heavy atom. The molecule has 0 amide bonds. The third-order valence-electron chi connectivity index (χ3n) is 2.63. The molecule has 0 fully saturated rings. The lowest BCUT2D eigenvalue weighted by atomic mass is 10.3. The van der Waals surface area contributed by atoms with Crippen molar-refractivity contribution in [3.8, 4) is 0 Å². The fraction of sp³-hybridized carbons (Fsp3) is 0.125. The summed E-state index contributed by atoms with van der Waals surface area (Å²) in [4.78, 5) is 9.25. The molecule has 0 aliphatic rings. The van der Waals surface area contributed by atoms with E-state index in [1.54, 1.807) is 45.1 Å². The Kier molecular flexibility index (Phi) is 8.94. The molecule has 24 heavy (non-hydrogen) atoms. The zero-order valence-electron chi connectivity index (χ0n) is 12.9. The second-order valence-corrected chi connectivity index (χ2v) is 9.37. The van der Waals surface area contributed by atoms with Crippen LogP contribution in [0.15, 0.2) is 58.5 Å². The number of hydrogen-bond donors (Lipinski definition) is 0. The van der Waals surface area contributed by atoms with Gasteiger partial charge in [0.2, 0.25) is 0 Å². The van der Waals surface area contributed by atoms with Crippen molar-refractivity contribution in [3.05, 3.63) is 58.6 Å². The molecule has 0 aromatic heterocycles. The SMILES string of the molecule is CSC(=Nc1ccc(Cl)cc1)SSC(=Nc1ccc(Cl)cc1)SC. The van der Waals surface area contributed by atoms with Crippen LogP contribution in [0.1, 0.15) is 0 Å². The average molecular weight is 433 g/mol. The van der Waals surface area contributed by atoms with Gasteiger partial charge in [-0.3, -0.25) is 0 Å². The summed E-state index contributed by atoms with van der Waals surface area (Å²) in [6.45, 7) is 0. The molecule has 0 aliphatic heterocycles. The van der Waals surface area contributed by atoms with Gasteiger partial charge in [0.1, 0.15) is 8.75 Å². The van der Waals surface area contributed by atoms with Gasteiger partial charge in [-0.1, -0.05) is 23.2 Å². The molecule has 8 heteroatoms. The van der Waals surface area contributed by atoms with Gasteiger partial charge in [0, 0.05) is 10.0 Å². The van der Waals surface area contributed by atoms with Crippen molar-refractivity contribution >= 4 is 88.4 Å². The molecule has 0 unspecified atom stereocenters. The van der Waals surface area contributed by atoms with E-state index >= 15 is 0 Å². The van der Waals surface area contributed by atoms with Crippen LogP contribution in [-0.4, -0.2) is 21.3 Å². The molecule has 0 spiro atoms. The zero-order chi connectivity index (χ0) is 17.4. The molecule has 0 saturated heterocycles. The fourth-order valence-electron chi connectivity index (χ4n) is 1.51. The van der Waals surface area contributed by atoms with Crippen molar-refractivity contribution in [1.82, 2.24) is 0 Å². The van der Waals surface area contributed by atoms with E-state index in [9.17, 15) is 0 Å². The molecule has 2 rings (SSSR count). The van der Waals surface area contributed by atoms with Crippen molar-refractivity contribution < 1.29 is 0 Å². The number of halogens is 2. The normalized spacial score (nSPS) is 12.5. The molecule has 0 saturated carbocycles. The van der Waals surface area contributed by atoms with Crippen LogP contribution < -0.4 is 0 Å². The lowest BCUT2D eigenvalue weighted by molar-refractivity contribution is 1.55. The van der Waals surface area contributed by atoms with Crippen LogP contribution in [0.3, 0.4) is 0 Å². The summed E-state index contributed by atoms with van der Waals surface area (Å²) in [5, 5.41) is 1.42. The highest BCUT2D eigenvalue weighted by Gasteiger charge is 2.06. The summed E-state index contributed by atoms with van der Waals surface area (Å²) in [5.74, 6) is 0. The second-order valence-electron chi connectivity index (χ2n) is 4.28. The molecular weight excluding hydrogens is 419 g/mol. The molecule has 0 atom stereocenters. The quantitative estimate of drug-likeness (QED) is 0.274. The lowest BCUT2D eigenvalue weighted by Gasteiger charge is -2.04. The third-order valence-corrected chi connectivity index (χ3v) is 7.89. The molecule has 2 aromatic rings. The van der Waals surface area contributed by atoms with E-state index in [4.69, 9.17) is 23.2 Å². The van der Waals surface area contributed by atoms with Crippen molar-refractivity contribution in [2.75, 3.05) is 12.5 Å². The van der Waals surface area contributed by atoms with Gasteiger partial charge in [-0.15, -0.1) is 23.5 Å². The standard InChI is InChI=1S/C16H14Cl2N2S4/c1-21-15(19-13-7-3-11(17)4-8-13)23-24-16(22-2)20-14-9-5-12(18)6-10-14/h3-10H,1-2H3. The molecule has 0 aliphatic carbocycles. The molecule has 2 aromatic carbocycles. The Bertz CT molecular complexity index is 652. The molecule has 0 N–H and O–H groups in total. The van der Waals surface area contributed by atoms with E-state index in [0.717, 1.165) is 20.1 Å². The number of nitrogens with zero attached hydrogens (tertiary/aromatic N) is 2. The van der Waals surface area contributed by atoms with Crippen LogP contribution in [0.5, 0.6) is 0 Å². The number of benzene rings is 2. The summed E-state index contributed by atoms with van der Waals surface area (Å²) < 4.78 is 1.92. The monoisotopic (exact) mass is 432 g/mol. The van der Waals surface area contributed by atoms with Crippen molar-refractivity contribution in [3.63, 3.8) is 0 Å². The van der Waals surface area contributed by atoms with Gasteiger partial charge in [0.05, 0.1) is 11.4 Å². The minimum atomic E-state index is 0.710. The summed E-state index contributed by atoms with van der Waals surface area (Å²) in [6, 6.07) is 15.0. The molecule has 126 valence electrons. The van der Waals surface area contributed by atoms with Crippen LogP contribution in [0.25, 0.3) is 0 Å². The summed E-state index contributed by atoms with van der Waals surface area (Å²) >= 11 is 15.0. The topological polar surface area (TPSA) is 24.7 Å². The van der Waals surface area contributed by atoms with Gasteiger partial charge in [-0.2, -0.15) is 0 Å². The Labute approximate surface area is 168 Å². The maximum atomic E-state index is 5.90. The Balaban J connectivity index is 2.04. The molecule has 2 nitrogen and oxygen atoms in total. The van der Waals surface area contributed by atoms with Gasteiger partial charge >= 0.3 is 0 Å². The van der Waals surface area contributed by atoms with Crippen LogP contribution >= 0.6 is 68.3 Å². The number of thioether (sulfide) groups is 2. The van der Waals surface area contributed by atoms with E-state index in [1.807, 2.05) is 61.0 Å². The number of rotatable bonds is 2. The lowest BCUT2D eigenvalue weighted by Crippen LogP contribution is -1.85. The largest absolute Gasteiger partial charge is 0.234 e. The second kappa shape index (κ2) is 10.7. The van der Waals surface area contributed by atoms with E-state index in [1.165, 1.54) is 0 Å². The highest BCUT2D eigenvalue weighted by atomic mass is 35.5.